The van der Waals surface area contributed by atoms with E-state index in [-0.39, 0.29) is 18.0 Å². The monoisotopic (exact) mass is 700 g/mol. The summed E-state index contributed by atoms with van der Waals surface area (Å²) in [7, 11) is -3.90. The number of benzene rings is 2. The molecule has 0 amide bonds. The number of carbonyl (C=O) groups excluding carboxylic acids is 1. The molecule has 0 N–H and O–H groups in total. The summed E-state index contributed by atoms with van der Waals surface area (Å²) in [5.74, 6) is -1.06. The van der Waals surface area contributed by atoms with Gasteiger partial charge >= 0.3 is 5.97 Å². The average Bonchev–Trinajstić information content (AvgIpc) is 2.55. The molecule has 2 rings (SSSR count). The van der Waals surface area contributed by atoms with Crippen molar-refractivity contribution >= 4 is 83.8 Å². The molecule has 0 saturated carbocycles. The zero-order valence-electron chi connectivity index (χ0n) is 12.4. The molecule has 0 spiro atoms. The molecule has 0 radical (unpaired) electrons. The lowest BCUT2D eigenvalue weighted by atomic mass is 10.2. The first-order valence-electron chi connectivity index (χ1n) is 6.72. The number of sulfonamides is 1. The van der Waals surface area contributed by atoms with Gasteiger partial charge in [0.15, 0.2) is 0 Å². The summed E-state index contributed by atoms with van der Waals surface area (Å²) >= 11 is 6.29. The van der Waals surface area contributed by atoms with E-state index in [0.717, 1.165) is 35.0 Å². The van der Waals surface area contributed by atoms with E-state index in [1.54, 1.807) is 6.07 Å². The van der Waals surface area contributed by atoms with Crippen LogP contribution in [0.2, 0.25) is 0 Å². The van der Waals surface area contributed by atoms with Crippen molar-refractivity contribution in [3.05, 3.63) is 63.2 Å². The number of carbonyl (C=O) groups is 1. The van der Waals surface area contributed by atoms with Crippen LogP contribution in [0.3, 0.4) is 0 Å². The van der Waals surface area contributed by atoms with E-state index in [0.29, 0.717) is 5.56 Å². The van der Waals surface area contributed by atoms with Crippen molar-refractivity contribution < 1.29 is 22.3 Å². The third kappa shape index (κ3) is 5.97. The lowest BCUT2D eigenvalue weighted by Gasteiger charge is -2.20. The summed E-state index contributed by atoms with van der Waals surface area (Å²) in [4.78, 5) is 12.0. The van der Waals surface area contributed by atoms with E-state index < -0.39 is 21.8 Å². The maximum Gasteiger partial charge on any atom is 0.339 e. The van der Waals surface area contributed by atoms with Crippen LogP contribution in [0.15, 0.2) is 41.3 Å². The van der Waals surface area contributed by atoms with Gasteiger partial charge in [0.1, 0.15) is 15.8 Å². The van der Waals surface area contributed by atoms with Crippen LogP contribution in [0.4, 0.5) is 4.39 Å². The minimum Gasteiger partial charge on any atom is -0.542 e. The van der Waals surface area contributed by atoms with Gasteiger partial charge < -0.3 is 9.46 Å². The van der Waals surface area contributed by atoms with Gasteiger partial charge in [0.25, 0.3) is 0 Å². The van der Waals surface area contributed by atoms with E-state index in [1.807, 2.05) is 6.07 Å². The Morgan fingerprint density at radius 1 is 1.12 bits per heavy atom. The summed E-state index contributed by atoms with van der Waals surface area (Å²) in [5.41, 5.74) is 0.429. The summed E-state index contributed by atoms with van der Waals surface area (Å²) in [6.45, 7) is -0.375. The van der Waals surface area contributed by atoms with E-state index in [9.17, 15) is 17.6 Å². The Bertz CT molecular complexity index is 888. The molecule has 0 aliphatic rings. The summed E-state index contributed by atoms with van der Waals surface area (Å²) in [5, 5.41) is 0. The highest BCUT2D eigenvalue weighted by Gasteiger charge is 2.14. The van der Waals surface area contributed by atoms with Gasteiger partial charge in [0, 0.05) is 15.6 Å². The molecule has 0 aromatic heterocycles. The molecule has 0 unspecified atom stereocenters. The third-order valence-corrected chi connectivity index (χ3v) is 7.97. The van der Waals surface area contributed by atoms with Crippen molar-refractivity contribution in [3.63, 3.8) is 0 Å². The van der Waals surface area contributed by atoms with Gasteiger partial charge in [-0.05, 0) is 104 Å². The van der Waals surface area contributed by atoms with Gasteiger partial charge in [-0.2, -0.15) is 0 Å². The predicted molar refractivity (Wildman–Crippen MR) is 117 cm³/mol. The molecule has 0 atom stereocenters. The van der Waals surface area contributed by atoms with Crippen molar-refractivity contribution in [1.82, 2.24) is 0 Å². The fourth-order valence-electron chi connectivity index (χ4n) is 1.76. The average molecular weight is 700 g/mol. The van der Waals surface area contributed by atoms with Crippen LogP contribution in [0.25, 0.3) is 4.72 Å². The number of hydrogen-bond donors (Lipinski definition) is 0. The zero-order valence-corrected chi connectivity index (χ0v) is 19.7. The first-order valence-corrected chi connectivity index (χ1v) is 11.4. The fraction of sp³-hybridized carbons (Fsp3) is 0.133. The number of rotatable bonds is 6. The largest absolute Gasteiger partial charge is 0.542 e. The Hall–Kier alpha value is -0.0600. The summed E-state index contributed by atoms with van der Waals surface area (Å²) in [6, 6.07) is 8.00. The Morgan fingerprint density at radius 3 is 2.40 bits per heavy atom. The van der Waals surface area contributed by atoms with Crippen molar-refractivity contribution in [2.45, 2.75) is 4.90 Å². The lowest BCUT2D eigenvalue weighted by molar-refractivity contribution is 0.0521. The van der Waals surface area contributed by atoms with Crippen molar-refractivity contribution in [3.8, 4) is 0 Å². The van der Waals surface area contributed by atoms with Crippen molar-refractivity contribution in [1.29, 1.82) is 0 Å². The van der Waals surface area contributed by atoms with Crippen molar-refractivity contribution in [2.75, 3.05) is 13.2 Å². The topological polar surface area (TPSA) is 74.5 Å². The second-order valence-corrected chi connectivity index (χ2v) is 9.83. The fourth-order valence-corrected chi connectivity index (χ4v) is 5.08. The molecule has 25 heavy (non-hydrogen) atoms. The van der Waals surface area contributed by atoms with E-state index in [4.69, 9.17) is 4.74 Å². The normalized spacial score (nSPS) is 11.4. The highest BCUT2D eigenvalue weighted by Crippen LogP contribution is 2.23. The quantitative estimate of drug-likeness (QED) is 0.192. The van der Waals surface area contributed by atoms with E-state index in [1.165, 1.54) is 0 Å². The van der Waals surface area contributed by atoms with E-state index >= 15 is 0 Å². The first kappa shape index (κ1) is 21.2. The molecule has 0 aliphatic heterocycles. The Balaban J connectivity index is 1.93. The molecule has 5 nitrogen and oxygen atoms in total. The predicted octanol–water partition coefficient (Wildman–Crippen LogP) is 4.56. The molecule has 2 aromatic rings. The Kier molecular flexibility index (Phi) is 7.84. The van der Waals surface area contributed by atoms with Crippen LogP contribution in [0, 0.1) is 16.5 Å². The minimum atomic E-state index is -3.90. The minimum absolute atomic E-state index is 0.109. The number of halogens is 4. The van der Waals surface area contributed by atoms with Gasteiger partial charge in [0.05, 0.1) is 12.2 Å². The van der Waals surface area contributed by atoms with Gasteiger partial charge in [-0.3, -0.25) is 0 Å². The maximum atomic E-state index is 12.8. The molecule has 0 aliphatic carbocycles. The van der Waals surface area contributed by atoms with Gasteiger partial charge in [-0.25, -0.2) is 17.6 Å². The smallest absolute Gasteiger partial charge is 0.339 e. The third-order valence-electron chi connectivity index (χ3n) is 2.91. The van der Waals surface area contributed by atoms with Gasteiger partial charge in [-0.15, -0.1) is 6.54 Å². The Labute approximate surface area is 185 Å². The molecule has 2 aromatic carbocycles. The van der Waals surface area contributed by atoms with Crippen molar-refractivity contribution in [2.24, 2.45) is 0 Å². The first-order chi connectivity index (χ1) is 11.7. The second-order valence-electron chi connectivity index (χ2n) is 4.67. The molecule has 0 heterocycles. The molecule has 0 bridgehead atoms. The number of esters is 1. The summed E-state index contributed by atoms with van der Waals surface area (Å²) in [6.07, 6.45) is 0. The van der Waals surface area contributed by atoms with Gasteiger partial charge in [0.2, 0.25) is 0 Å². The van der Waals surface area contributed by atoms with Crippen LogP contribution in [-0.2, 0) is 14.8 Å². The number of hydrogen-bond acceptors (Lipinski definition) is 4. The van der Waals surface area contributed by atoms with Crippen LogP contribution < -0.4 is 0 Å². The van der Waals surface area contributed by atoms with Crippen LogP contribution in [0.5, 0.6) is 0 Å². The molecule has 0 fully saturated rings. The number of ether oxygens (including phenoxy) is 1. The highest BCUT2D eigenvalue weighted by atomic mass is 127. The second kappa shape index (κ2) is 9.23. The van der Waals surface area contributed by atoms with Crippen LogP contribution >= 0.6 is 67.8 Å². The molecular formula is C15H10FI3NO4S-. The summed E-state index contributed by atoms with van der Waals surface area (Å²) < 4.78 is 48.0. The molecule has 10 heteroatoms. The maximum absolute atomic E-state index is 12.8. The SMILES string of the molecule is O=C(OCC[N-]S(=O)(=O)c1ccc(F)cc1)c1cc(I)cc(I)c1I. The Morgan fingerprint density at radius 2 is 1.76 bits per heavy atom. The zero-order chi connectivity index (χ0) is 18.6. The van der Waals surface area contributed by atoms with Crippen LogP contribution in [0.1, 0.15) is 10.4 Å². The lowest BCUT2D eigenvalue weighted by Crippen LogP contribution is -2.13. The standard InChI is InChI=1S/C15H10FI3NO4S/c16-9-1-3-11(4-2-9)25(22,23)20-5-6-24-15(21)12-7-10(17)8-13(18)14(12)19/h1-4,7-8H,5-6H2/q-1. The molecule has 134 valence electrons. The van der Waals surface area contributed by atoms with Gasteiger partial charge in [-0.1, -0.05) is 0 Å². The van der Waals surface area contributed by atoms with Crippen LogP contribution in [-0.4, -0.2) is 27.5 Å². The number of nitrogens with zero attached hydrogens (tertiary/aromatic N) is 1. The molecule has 0 saturated heterocycles. The molecular weight excluding hydrogens is 690 g/mol. The van der Waals surface area contributed by atoms with E-state index in [2.05, 4.69) is 72.5 Å². The highest BCUT2D eigenvalue weighted by molar-refractivity contribution is 14.1.